The molecule has 1 atom stereocenters. The summed E-state index contributed by atoms with van der Waals surface area (Å²) in [7, 11) is 0. The monoisotopic (exact) mass is 229 g/mol. The molecule has 1 unspecified atom stereocenters. The first-order valence-corrected chi connectivity index (χ1v) is 5.35. The van der Waals surface area contributed by atoms with Crippen molar-refractivity contribution in [2.45, 2.75) is 25.7 Å². The number of hydrogen-bond donors (Lipinski definition) is 0. The molecule has 2 bridgehead atoms. The molecule has 3 fully saturated rings. The first kappa shape index (κ1) is 10.9. The fourth-order valence-corrected chi connectivity index (χ4v) is 2.71. The zero-order chi connectivity index (χ0) is 9.54. The van der Waals surface area contributed by atoms with E-state index >= 15 is 0 Å². The predicted octanol–water partition coefficient (Wildman–Crippen LogP) is 1.61. The number of halogens is 1. The normalized spacial score (nSPS) is 33.8. The molecule has 0 spiro atoms. The van der Waals surface area contributed by atoms with Crippen LogP contribution < -0.4 is 0 Å². The van der Waals surface area contributed by atoms with Gasteiger partial charge in [0.25, 0.3) is 0 Å². The third-order valence-corrected chi connectivity index (χ3v) is 3.52. The van der Waals surface area contributed by atoms with Gasteiger partial charge in [-0.15, -0.1) is 12.4 Å². The van der Waals surface area contributed by atoms with Crippen molar-refractivity contribution in [3.63, 3.8) is 0 Å². The number of piperidine rings is 3. The lowest BCUT2D eigenvalue weighted by Gasteiger charge is -2.43. The Hall–Kier alpha value is -0.610. The van der Waals surface area contributed by atoms with Gasteiger partial charge < -0.3 is 9.42 Å². The van der Waals surface area contributed by atoms with E-state index in [0.717, 1.165) is 24.2 Å². The van der Waals surface area contributed by atoms with E-state index in [-0.39, 0.29) is 12.4 Å². The van der Waals surface area contributed by atoms with Crippen LogP contribution in [-0.4, -0.2) is 34.7 Å². The zero-order valence-electron chi connectivity index (χ0n) is 8.85. The molecule has 0 aliphatic carbocycles. The number of fused-ring (bicyclic) bond motifs is 3. The first-order chi connectivity index (χ1) is 6.83. The average molecular weight is 230 g/mol. The maximum Gasteiger partial charge on any atom is 0.231 e. The maximum absolute atomic E-state index is 5.27. The van der Waals surface area contributed by atoms with Gasteiger partial charge >= 0.3 is 0 Å². The molecule has 0 radical (unpaired) electrons. The van der Waals surface area contributed by atoms with Crippen LogP contribution in [0.5, 0.6) is 0 Å². The number of rotatable bonds is 1. The van der Waals surface area contributed by atoms with Gasteiger partial charge in [-0.05, 0) is 38.8 Å². The zero-order valence-corrected chi connectivity index (χ0v) is 9.66. The Labute approximate surface area is 95.4 Å². The summed E-state index contributed by atoms with van der Waals surface area (Å²) >= 11 is 0. The number of hydrogen-bond acceptors (Lipinski definition) is 4. The quantitative estimate of drug-likeness (QED) is 0.734. The standard InChI is InChI=1S/C10H15N3O.ClH/c1-7-11-10(14-12-7)9-6-13-4-2-8(9)3-5-13;/h8-9H,2-6H2,1H3;1H. The van der Waals surface area contributed by atoms with Gasteiger partial charge in [0.1, 0.15) is 0 Å². The van der Waals surface area contributed by atoms with Crippen LogP contribution in [0.1, 0.15) is 30.5 Å². The Bertz CT molecular complexity index is 333. The molecular weight excluding hydrogens is 214 g/mol. The van der Waals surface area contributed by atoms with E-state index in [1.54, 1.807) is 0 Å². The molecule has 0 aromatic carbocycles. The molecule has 4 heterocycles. The van der Waals surface area contributed by atoms with Gasteiger partial charge in [-0.3, -0.25) is 0 Å². The van der Waals surface area contributed by atoms with E-state index in [2.05, 4.69) is 15.0 Å². The molecule has 5 heteroatoms. The van der Waals surface area contributed by atoms with Gasteiger partial charge in [0.05, 0.1) is 5.92 Å². The van der Waals surface area contributed by atoms with E-state index in [0.29, 0.717) is 5.92 Å². The van der Waals surface area contributed by atoms with Crippen LogP contribution in [0.2, 0.25) is 0 Å². The second kappa shape index (κ2) is 4.10. The molecular formula is C10H16ClN3O. The Morgan fingerprint density at radius 3 is 2.53 bits per heavy atom. The van der Waals surface area contributed by atoms with Gasteiger partial charge in [-0.1, -0.05) is 5.16 Å². The summed E-state index contributed by atoms with van der Waals surface area (Å²) in [5.41, 5.74) is 0. The van der Waals surface area contributed by atoms with Crippen molar-refractivity contribution in [2.75, 3.05) is 19.6 Å². The lowest BCUT2D eigenvalue weighted by molar-refractivity contribution is 0.0727. The van der Waals surface area contributed by atoms with Crippen LogP contribution >= 0.6 is 12.4 Å². The highest BCUT2D eigenvalue weighted by Crippen LogP contribution is 2.37. The van der Waals surface area contributed by atoms with Crippen molar-refractivity contribution >= 4 is 12.4 Å². The minimum absolute atomic E-state index is 0. The van der Waals surface area contributed by atoms with Gasteiger partial charge in [-0.25, -0.2) is 0 Å². The van der Waals surface area contributed by atoms with Crippen LogP contribution in [0, 0.1) is 12.8 Å². The topological polar surface area (TPSA) is 42.2 Å². The number of aryl methyl sites for hydroxylation is 1. The first-order valence-electron chi connectivity index (χ1n) is 5.35. The van der Waals surface area contributed by atoms with Gasteiger partial charge in [0, 0.05) is 6.54 Å². The van der Waals surface area contributed by atoms with Crippen molar-refractivity contribution < 1.29 is 4.52 Å². The van der Waals surface area contributed by atoms with Gasteiger partial charge in [-0.2, -0.15) is 4.98 Å². The average Bonchev–Trinajstić information content (AvgIpc) is 2.66. The van der Waals surface area contributed by atoms with Crippen molar-refractivity contribution in [3.8, 4) is 0 Å². The van der Waals surface area contributed by atoms with E-state index in [9.17, 15) is 0 Å². The second-order valence-corrected chi connectivity index (χ2v) is 4.42. The molecule has 3 aliphatic rings. The third-order valence-electron chi connectivity index (χ3n) is 3.52. The maximum atomic E-state index is 5.27. The molecule has 1 aromatic heterocycles. The molecule has 0 amide bonds. The lowest BCUT2D eigenvalue weighted by Crippen LogP contribution is -2.46. The highest BCUT2D eigenvalue weighted by Gasteiger charge is 2.37. The Kier molecular flexibility index (Phi) is 2.98. The summed E-state index contributed by atoms with van der Waals surface area (Å²) < 4.78 is 5.27. The van der Waals surface area contributed by atoms with Crippen molar-refractivity contribution in [2.24, 2.45) is 5.92 Å². The van der Waals surface area contributed by atoms with Crippen molar-refractivity contribution in [3.05, 3.63) is 11.7 Å². The highest BCUT2D eigenvalue weighted by molar-refractivity contribution is 5.85. The minimum atomic E-state index is 0. The smallest absolute Gasteiger partial charge is 0.231 e. The van der Waals surface area contributed by atoms with Crippen LogP contribution in [0.25, 0.3) is 0 Å². The summed E-state index contributed by atoms with van der Waals surface area (Å²) in [4.78, 5) is 6.85. The molecule has 3 saturated heterocycles. The lowest BCUT2D eigenvalue weighted by atomic mass is 9.79. The SMILES string of the molecule is Cc1noc(C2CN3CCC2CC3)n1.Cl. The van der Waals surface area contributed by atoms with E-state index in [1.165, 1.54) is 25.9 Å². The van der Waals surface area contributed by atoms with Crippen LogP contribution in [0.4, 0.5) is 0 Å². The van der Waals surface area contributed by atoms with Crippen LogP contribution in [0.15, 0.2) is 4.52 Å². The molecule has 4 rings (SSSR count). The Morgan fingerprint density at radius 1 is 1.33 bits per heavy atom. The van der Waals surface area contributed by atoms with E-state index < -0.39 is 0 Å². The Morgan fingerprint density at radius 2 is 2.07 bits per heavy atom. The summed E-state index contributed by atoms with van der Waals surface area (Å²) in [6.45, 7) is 5.52. The summed E-state index contributed by atoms with van der Waals surface area (Å²) in [6.07, 6.45) is 2.60. The molecule has 15 heavy (non-hydrogen) atoms. The molecule has 0 saturated carbocycles. The molecule has 4 nitrogen and oxygen atoms in total. The fraction of sp³-hybridized carbons (Fsp3) is 0.800. The predicted molar refractivity (Wildman–Crippen MR) is 58.2 cm³/mol. The third kappa shape index (κ3) is 1.88. The minimum Gasteiger partial charge on any atom is -0.339 e. The van der Waals surface area contributed by atoms with Gasteiger partial charge in [0.15, 0.2) is 5.82 Å². The second-order valence-electron chi connectivity index (χ2n) is 4.42. The molecule has 84 valence electrons. The number of nitrogens with zero attached hydrogens (tertiary/aromatic N) is 3. The highest BCUT2D eigenvalue weighted by atomic mass is 35.5. The van der Waals surface area contributed by atoms with Crippen molar-refractivity contribution in [1.82, 2.24) is 15.0 Å². The van der Waals surface area contributed by atoms with E-state index in [1.807, 2.05) is 6.92 Å². The molecule has 3 aliphatic heterocycles. The summed E-state index contributed by atoms with van der Waals surface area (Å²) in [5, 5.41) is 3.87. The fourth-order valence-electron chi connectivity index (χ4n) is 2.71. The van der Waals surface area contributed by atoms with Gasteiger partial charge in [0.2, 0.25) is 5.89 Å². The van der Waals surface area contributed by atoms with Crippen LogP contribution in [0.3, 0.4) is 0 Å². The largest absolute Gasteiger partial charge is 0.339 e. The summed E-state index contributed by atoms with van der Waals surface area (Å²) in [6, 6.07) is 0. The Balaban J connectivity index is 0.000000853. The molecule has 0 N–H and O–H groups in total. The number of aromatic nitrogens is 2. The molecule has 1 aromatic rings. The van der Waals surface area contributed by atoms with Crippen LogP contribution in [-0.2, 0) is 0 Å². The van der Waals surface area contributed by atoms with Crippen molar-refractivity contribution in [1.29, 1.82) is 0 Å². The summed E-state index contributed by atoms with van der Waals surface area (Å²) in [5.74, 6) is 2.90. The van der Waals surface area contributed by atoms with E-state index in [4.69, 9.17) is 4.52 Å².